The number of amides is 1. The van der Waals surface area contributed by atoms with Crippen molar-refractivity contribution in [2.45, 2.75) is 12.8 Å². The Morgan fingerprint density at radius 1 is 1.37 bits per heavy atom. The minimum absolute atomic E-state index is 0.154. The van der Waals surface area contributed by atoms with Crippen LogP contribution in [-0.2, 0) is 14.9 Å². The predicted molar refractivity (Wildman–Crippen MR) is 71.3 cm³/mol. The van der Waals surface area contributed by atoms with Crippen LogP contribution in [0.4, 0.5) is 5.69 Å². The van der Waals surface area contributed by atoms with Crippen molar-refractivity contribution in [1.29, 1.82) is 0 Å². The van der Waals surface area contributed by atoms with Gasteiger partial charge in [-0.1, -0.05) is 6.07 Å². The maximum atomic E-state index is 12.0. The zero-order chi connectivity index (χ0) is 13.9. The summed E-state index contributed by atoms with van der Waals surface area (Å²) < 4.78 is 25.3. The Bertz CT molecular complexity index is 571. The quantitative estimate of drug-likeness (QED) is 0.837. The average molecular weight is 284 g/mol. The molecule has 1 aliphatic rings. The molecular weight excluding hydrogens is 268 g/mol. The van der Waals surface area contributed by atoms with Crippen LogP contribution in [0, 0.1) is 0 Å². The highest BCUT2D eigenvalue weighted by atomic mass is 32.2. The molecule has 7 heteroatoms. The van der Waals surface area contributed by atoms with Gasteiger partial charge in [0.05, 0.1) is 18.6 Å². The second-order valence-electron chi connectivity index (χ2n) is 4.28. The van der Waals surface area contributed by atoms with Crippen molar-refractivity contribution in [3.8, 4) is 0 Å². The van der Waals surface area contributed by atoms with E-state index >= 15 is 0 Å². The summed E-state index contributed by atoms with van der Waals surface area (Å²) in [6, 6.07) is 6.50. The molecule has 6 nitrogen and oxygen atoms in total. The van der Waals surface area contributed by atoms with Gasteiger partial charge in [-0.2, -0.15) is 0 Å². The first kappa shape index (κ1) is 13.8. The fraction of sp³-hybridized carbons (Fsp3) is 0.417. The van der Waals surface area contributed by atoms with E-state index in [1.54, 1.807) is 24.3 Å². The number of nitrogens with one attached hydrogen (secondary N) is 1. The van der Waals surface area contributed by atoms with Gasteiger partial charge in [0.25, 0.3) is 5.91 Å². The largest absolute Gasteiger partial charge is 0.277 e. The Kier molecular flexibility index (Phi) is 4.06. The molecule has 1 amide bonds. The number of nitrogens with zero attached hydrogens (tertiary/aromatic N) is 1. The molecule has 1 N–H and O–H groups in total. The molecule has 0 unspecified atom stereocenters. The van der Waals surface area contributed by atoms with Crippen molar-refractivity contribution in [2.24, 2.45) is 0 Å². The fourth-order valence-corrected chi connectivity index (χ4v) is 3.66. The third-order valence-corrected chi connectivity index (χ3v) is 4.81. The lowest BCUT2D eigenvalue weighted by molar-refractivity contribution is 0.0537. The first-order chi connectivity index (χ1) is 9.04. The molecule has 1 heterocycles. The molecule has 1 aromatic carbocycles. The van der Waals surface area contributed by atoms with Crippen LogP contribution >= 0.6 is 0 Å². The fourth-order valence-electron chi connectivity index (χ4n) is 2.03. The Hall–Kier alpha value is -1.60. The lowest BCUT2D eigenvalue weighted by atomic mass is 10.2. The predicted octanol–water partition coefficient (Wildman–Crippen LogP) is 0.908. The van der Waals surface area contributed by atoms with E-state index in [0.717, 1.165) is 6.42 Å². The maximum Gasteiger partial charge on any atom is 0.274 e. The van der Waals surface area contributed by atoms with Gasteiger partial charge < -0.3 is 0 Å². The molecule has 0 spiro atoms. The molecule has 0 radical (unpaired) electrons. The van der Waals surface area contributed by atoms with E-state index in [9.17, 15) is 13.2 Å². The molecule has 1 aliphatic heterocycles. The number of benzene rings is 1. The number of sulfonamides is 1. The Balaban J connectivity index is 2.30. The molecule has 1 aromatic rings. The SMILES string of the molecule is CONC(=O)c1cccc(N2CCCCS2(=O)=O)c1. The van der Waals surface area contributed by atoms with Gasteiger partial charge in [0.15, 0.2) is 0 Å². The number of hydroxylamine groups is 1. The van der Waals surface area contributed by atoms with E-state index in [4.69, 9.17) is 0 Å². The molecule has 0 aliphatic carbocycles. The first-order valence-electron chi connectivity index (χ1n) is 5.98. The summed E-state index contributed by atoms with van der Waals surface area (Å²) in [7, 11) is -1.92. The number of carbonyl (C=O) groups is 1. The van der Waals surface area contributed by atoms with E-state index in [1.165, 1.54) is 11.4 Å². The highest BCUT2D eigenvalue weighted by Crippen LogP contribution is 2.24. The molecule has 0 atom stereocenters. The van der Waals surface area contributed by atoms with Crippen molar-refractivity contribution in [1.82, 2.24) is 5.48 Å². The minimum Gasteiger partial charge on any atom is -0.277 e. The van der Waals surface area contributed by atoms with Crippen LogP contribution in [0.15, 0.2) is 24.3 Å². The van der Waals surface area contributed by atoms with Gasteiger partial charge in [0, 0.05) is 12.1 Å². The second-order valence-corrected chi connectivity index (χ2v) is 6.29. The number of carbonyl (C=O) groups excluding carboxylic acids is 1. The standard InChI is InChI=1S/C12H16N2O4S/c1-18-13-12(15)10-5-4-6-11(9-10)14-7-2-3-8-19(14,16)17/h4-6,9H,2-3,7-8H2,1H3,(H,13,15). The van der Waals surface area contributed by atoms with Crippen molar-refractivity contribution < 1.29 is 18.0 Å². The van der Waals surface area contributed by atoms with Gasteiger partial charge in [-0.3, -0.25) is 13.9 Å². The van der Waals surface area contributed by atoms with Crippen LogP contribution in [0.2, 0.25) is 0 Å². The topological polar surface area (TPSA) is 75.7 Å². The lowest BCUT2D eigenvalue weighted by Gasteiger charge is -2.28. The monoisotopic (exact) mass is 284 g/mol. The van der Waals surface area contributed by atoms with E-state index in [2.05, 4.69) is 10.3 Å². The summed E-state index contributed by atoms with van der Waals surface area (Å²) in [4.78, 5) is 16.2. The third-order valence-electron chi connectivity index (χ3n) is 2.94. The summed E-state index contributed by atoms with van der Waals surface area (Å²) in [5.41, 5.74) is 3.08. The van der Waals surface area contributed by atoms with Crippen molar-refractivity contribution in [2.75, 3.05) is 23.7 Å². The minimum atomic E-state index is -3.26. The van der Waals surface area contributed by atoms with Gasteiger partial charge in [-0.05, 0) is 31.0 Å². The Morgan fingerprint density at radius 3 is 2.84 bits per heavy atom. The van der Waals surface area contributed by atoms with E-state index in [-0.39, 0.29) is 5.75 Å². The number of hydrogen-bond acceptors (Lipinski definition) is 4. The van der Waals surface area contributed by atoms with Gasteiger partial charge in [0.1, 0.15) is 0 Å². The highest BCUT2D eigenvalue weighted by molar-refractivity contribution is 7.92. The third kappa shape index (κ3) is 3.05. The van der Waals surface area contributed by atoms with Crippen LogP contribution in [0.1, 0.15) is 23.2 Å². The summed E-state index contributed by atoms with van der Waals surface area (Å²) >= 11 is 0. The van der Waals surface area contributed by atoms with Crippen molar-refractivity contribution in [3.05, 3.63) is 29.8 Å². The highest BCUT2D eigenvalue weighted by Gasteiger charge is 2.26. The van der Waals surface area contributed by atoms with Crippen molar-refractivity contribution in [3.63, 3.8) is 0 Å². The van der Waals surface area contributed by atoms with Crippen molar-refractivity contribution >= 4 is 21.6 Å². The zero-order valence-corrected chi connectivity index (χ0v) is 11.4. The molecule has 104 valence electrons. The smallest absolute Gasteiger partial charge is 0.274 e. The van der Waals surface area contributed by atoms with E-state index < -0.39 is 15.9 Å². The summed E-state index contributed by atoms with van der Waals surface area (Å²) in [6.07, 6.45) is 1.51. The Labute approximate surface area is 112 Å². The van der Waals surface area contributed by atoms with Crippen LogP contribution in [0.25, 0.3) is 0 Å². The normalized spacial score (nSPS) is 18.1. The molecule has 1 saturated heterocycles. The van der Waals surface area contributed by atoms with Gasteiger partial charge in [-0.15, -0.1) is 0 Å². The molecule has 0 saturated carbocycles. The van der Waals surface area contributed by atoms with Crippen LogP contribution in [0.3, 0.4) is 0 Å². The van der Waals surface area contributed by atoms with Gasteiger partial charge in [-0.25, -0.2) is 13.9 Å². The van der Waals surface area contributed by atoms with E-state index in [1.807, 2.05) is 0 Å². The van der Waals surface area contributed by atoms with E-state index in [0.29, 0.717) is 24.2 Å². The van der Waals surface area contributed by atoms with Crippen LogP contribution in [0.5, 0.6) is 0 Å². The molecule has 1 fully saturated rings. The summed E-state index contributed by atoms with van der Waals surface area (Å²) in [5, 5.41) is 0. The van der Waals surface area contributed by atoms with Gasteiger partial charge >= 0.3 is 0 Å². The number of anilines is 1. The number of hydrogen-bond donors (Lipinski definition) is 1. The molecular formula is C12H16N2O4S. The van der Waals surface area contributed by atoms with Gasteiger partial charge in [0.2, 0.25) is 10.0 Å². The molecule has 0 bridgehead atoms. The first-order valence-corrected chi connectivity index (χ1v) is 7.59. The molecule has 2 rings (SSSR count). The Morgan fingerprint density at radius 2 is 2.16 bits per heavy atom. The second kappa shape index (κ2) is 5.58. The zero-order valence-electron chi connectivity index (χ0n) is 10.6. The maximum absolute atomic E-state index is 12.0. The lowest BCUT2D eigenvalue weighted by Crippen LogP contribution is -2.38. The average Bonchev–Trinajstić information content (AvgIpc) is 2.38. The summed E-state index contributed by atoms with van der Waals surface area (Å²) in [6.45, 7) is 0.456. The number of rotatable bonds is 3. The molecule has 0 aromatic heterocycles. The molecule has 19 heavy (non-hydrogen) atoms. The van der Waals surface area contributed by atoms with Crippen LogP contribution < -0.4 is 9.79 Å². The van der Waals surface area contributed by atoms with Crippen LogP contribution in [-0.4, -0.2) is 33.7 Å². The summed E-state index contributed by atoms with van der Waals surface area (Å²) in [5.74, 6) is -0.250.